The molecule has 2 aliphatic rings. The van der Waals surface area contributed by atoms with E-state index in [4.69, 9.17) is 4.74 Å². The molecular weight excluding hydrogens is 430 g/mol. The number of hydrogen-bond acceptors (Lipinski definition) is 4. The van der Waals surface area contributed by atoms with Gasteiger partial charge in [0.05, 0.1) is 12.7 Å². The van der Waals surface area contributed by atoms with Crippen LogP contribution in [0.5, 0.6) is 5.75 Å². The van der Waals surface area contributed by atoms with E-state index in [1.165, 1.54) is 0 Å². The molecule has 1 N–H and O–H groups in total. The highest BCUT2D eigenvalue weighted by Crippen LogP contribution is 2.27. The monoisotopic (exact) mass is 463 g/mol. The number of likely N-dealkylation sites (tertiary alicyclic amines) is 2. The Kier molecular flexibility index (Phi) is 7.50. The molecule has 0 radical (unpaired) electrons. The van der Waals surface area contributed by atoms with Gasteiger partial charge in [-0.05, 0) is 62.8 Å². The number of benzene rings is 2. The first-order chi connectivity index (χ1) is 16.5. The number of rotatable bonds is 6. The molecular formula is C27H33N3O4. The number of nitrogens with zero attached hydrogens (tertiary/aromatic N) is 2. The smallest absolute Gasteiger partial charge is 0.257 e. The van der Waals surface area contributed by atoms with E-state index >= 15 is 0 Å². The summed E-state index contributed by atoms with van der Waals surface area (Å²) < 4.78 is 5.35. The molecule has 2 saturated heterocycles. The zero-order chi connectivity index (χ0) is 24.1. The normalized spacial score (nSPS) is 17.4. The molecule has 1 atom stereocenters. The lowest BCUT2D eigenvalue weighted by Crippen LogP contribution is -2.54. The molecule has 7 nitrogen and oxygen atoms in total. The molecule has 0 aromatic heterocycles. The predicted molar refractivity (Wildman–Crippen MR) is 130 cm³/mol. The largest absolute Gasteiger partial charge is 0.496 e. The Morgan fingerprint density at radius 2 is 1.56 bits per heavy atom. The van der Waals surface area contributed by atoms with E-state index in [2.05, 4.69) is 5.32 Å². The van der Waals surface area contributed by atoms with Crippen molar-refractivity contribution in [3.8, 4) is 5.75 Å². The second kappa shape index (κ2) is 10.7. The molecule has 2 heterocycles. The lowest BCUT2D eigenvalue weighted by atomic mass is 9.88. The molecule has 0 aliphatic carbocycles. The van der Waals surface area contributed by atoms with Crippen molar-refractivity contribution in [3.63, 3.8) is 0 Å². The van der Waals surface area contributed by atoms with Gasteiger partial charge < -0.3 is 19.9 Å². The Labute approximate surface area is 201 Å². The number of nitrogens with one attached hydrogen (secondary N) is 1. The summed E-state index contributed by atoms with van der Waals surface area (Å²) in [6.07, 6.45) is 3.30. The summed E-state index contributed by atoms with van der Waals surface area (Å²) in [6.45, 7) is 4.51. The van der Waals surface area contributed by atoms with Gasteiger partial charge in [0.1, 0.15) is 11.8 Å². The minimum absolute atomic E-state index is 0.00698. The molecule has 0 bridgehead atoms. The van der Waals surface area contributed by atoms with Crippen molar-refractivity contribution in [2.45, 2.75) is 38.6 Å². The highest BCUT2D eigenvalue weighted by molar-refractivity contribution is 5.98. The van der Waals surface area contributed by atoms with Crippen LogP contribution in [0.15, 0.2) is 48.5 Å². The molecule has 3 amide bonds. The number of hydrogen-bond donors (Lipinski definition) is 1. The molecule has 2 aliphatic heterocycles. The number of ether oxygens (including phenoxy) is 1. The SMILES string of the molecule is COc1ccccc1C(=O)N1CCC([C@@H](NC(=O)c2ccc(C)cc2)C(=O)N2CCCC2)CC1. The second-order valence-corrected chi connectivity index (χ2v) is 9.18. The quantitative estimate of drug-likeness (QED) is 0.713. The van der Waals surface area contributed by atoms with Crippen molar-refractivity contribution in [1.82, 2.24) is 15.1 Å². The summed E-state index contributed by atoms with van der Waals surface area (Å²) >= 11 is 0. The zero-order valence-corrected chi connectivity index (χ0v) is 20.0. The number of carbonyl (C=O) groups is 3. The van der Waals surface area contributed by atoms with E-state index in [1.807, 2.05) is 41.0 Å². The summed E-state index contributed by atoms with van der Waals surface area (Å²) in [7, 11) is 1.56. The number of aryl methyl sites for hydroxylation is 1. The van der Waals surface area contributed by atoms with E-state index in [1.54, 1.807) is 31.4 Å². The second-order valence-electron chi connectivity index (χ2n) is 9.18. The first kappa shape index (κ1) is 23.8. The lowest BCUT2D eigenvalue weighted by Gasteiger charge is -2.37. The van der Waals surface area contributed by atoms with E-state index in [9.17, 15) is 14.4 Å². The van der Waals surface area contributed by atoms with Gasteiger partial charge in [-0.3, -0.25) is 14.4 Å². The van der Waals surface area contributed by atoms with Gasteiger partial charge in [0.15, 0.2) is 0 Å². The van der Waals surface area contributed by atoms with Gasteiger partial charge in [0.2, 0.25) is 5.91 Å². The van der Waals surface area contributed by atoms with Crippen molar-refractivity contribution in [1.29, 1.82) is 0 Å². The van der Waals surface area contributed by atoms with Crippen molar-refractivity contribution in [2.75, 3.05) is 33.3 Å². The van der Waals surface area contributed by atoms with Crippen molar-refractivity contribution >= 4 is 17.7 Å². The number of carbonyl (C=O) groups excluding carboxylic acids is 3. The van der Waals surface area contributed by atoms with Crippen LogP contribution < -0.4 is 10.1 Å². The Bertz CT molecular complexity index is 1020. The first-order valence-electron chi connectivity index (χ1n) is 12.1. The Morgan fingerprint density at radius 3 is 2.21 bits per heavy atom. The van der Waals surface area contributed by atoms with Gasteiger partial charge in [0.25, 0.3) is 11.8 Å². The minimum atomic E-state index is -0.588. The molecule has 7 heteroatoms. The van der Waals surface area contributed by atoms with Gasteiger partial charge in [-0.1, -0.05) is 29.8 Å². The molecule has 2 aromatic carbocycles. The summed E-state index contributed by atoms with van der Waals surface area (Å²) in [5.74, 6) is 0.228. The van der Waals surface area contributed by atoms with Gasteiger partial charge in [-0.25, -0.2) is 0 Å². The van der Waals surface area contributed by atoms with E-state index in [0.29, 0.717) is 42.8 Å². The van der Waals surface area contributed by atoms with Crippen molar-refractivity contribution < 1.29 is 19.1 Å². The fraction of sp³-hybridized carbons (Fsp3) is 0.444. The van der Waals surface area contributed by atoms with Gasteiger partial charge in [-0.2, -0.15) is 0 Å². The third-order valence-corrected chi connectivity index (χ3v) is 6.92. The van der Waals surface area contributed by atoms with Crippen LogP contribution >= 0.6 is 0 Å². The molecule has 4 rings (SSSR count). The Balaban J connectivity index is 1.46. The molecule has 0 unspecified atom stereocenters. The number of piperidine rings is 1. The summed E-state index contributed by atoms with van der Waals surface area (Å²) in [6, 6.07) is 14.0. The maximum atomic E-state index is 13.4. The maximum absolute atomic E-state index is 13.4. The van der Waals surface area contributed by atoms with Gasteiger partial charge in [-0.15, -0.1) is 0 Å². The molecule has 2 fully saturated rings. The fourth-order valence-corrected chi connectivity index (χ4v) is 4.87. The highest BCUT2D eigenvalue weighted by atomic mass is 16.5. The van der Waals surface area contributed by atoms with Gasteiger partial charge in [0, 0.05) is 31.7 Å². The molecule has 180 valence electrons. The fourth-order valence-electron chi connectivity index (χ4n) is 4.87. The van der Waals surface area contributed by atoms with Crippen LogP contribution in [0, 0.1) is 12.8 Å². The van der Waals surface area contributed by atoms with Crippen LogP contribution in [-0.2, 0) is 4.79 Å². The third-order valence-electron chi connectivity index (χ3n) is 6.92. The predicted octanol–water partition coefficient (Wildman–Crippen LogP) is 3.28. The standard InChI is InChI=1S/C27H33N3O4/c1-19-9-11-21(12-10-19)25(31)28-24(27(33)29-15-5-6-16-29)20-13-17-30(18-14-20)26(32)22-7-3-4-8-23(22)34-2/h3-4,7-12,20,24H,5-6,13-18H2,1-2H3,(H,28,31)/t24-/m1/s1. The van der Waals surface area contributed by atoms with Crippen LogP contribution in [-0.4, -0.2) is 66.9 Å². The van der Waals surface area contributed by atoms with Crippen LogP contribution in [0.4, 0.5) is 0 Å². The zero-order valence-electron chi connectivity index (χ0n) is 20.0. The number of methoxy groups -OCH3 is 1. The average molecular weight is 464 g/mol. The van der Waals surface area contributed by atoms with E-state index in [0.717, 1.165) is 31.5 Å². The van der Waals surface area contributed by atoms with Crippen molar-refractivity contribution in [2.24, 2.45) is 5.92 Å². The van der Waals surface area contributed by atoms with Crippen LogP contribution in [0.3, 0.4) is 0 Å². The van der Waals surface area contributed by atoms with Crippen LogP contribution in [0.25, 0.3) is 0 Å². The average Bonchev–Trinajstić information content (AvgIpc) is 3.42. The first-order valence-corrected chi connectivity index (χ1v) is 12.1. The Morgan fingerprint density at radius 1 is 0.912 bits per heavy atom. The molecule has 34 heavy (non-hydrogen) atoms. The third kappa shape index (κ3) is 5.24. The van der Waals surface area contributed by atoms with Gasteiger partial charge >= 0.3 is 0 Å². The summed E-state index contributed by atoms with van der Waals surface area (Å²) in [5.41, 5.74) is 2.17. The topological polar surface area (TPSA) is 79.0 Å². The van der Waals surface area contributed by atoms with Crippen molar-refractivity contribution in [3.05, 3.63) is 65.2 Å². The van der Waals surface area contributed by atoms with E-state index < -0.39 is 6.04 Å². The number of amides is 3. The summed E-state index contributed by atoms with van der Waals surface area (Å²) in [5, 5.41) is 3.04. The van der Waals surface area contributed by atoms with Crippen LogP contribution in [0.1, 0.15) is 52.0 Å². The summed E-state index contributed by atoms with van der Waals surface area (Å²) in [4.78, 5) is 43.2. The maximum Gasteiger partial charge on any atom is 0.257 e. The number of para-hydroxylation sites is 1. The molecule has 0 saturated carbocycles. The molecule has 2 aromatic rings. The van der Waals surface area contributed by atoms with E-state index in [-0.39, 0.29) is 23.6 Å². The highest BCUT2D eigenvalue weighted by Gasteiger charge is 2.37. The van der Waals surface area contributed by atoms with Crippen LogP contribution in [0.2, 0.25) is 0 Å². The lowest BCUT2D eigenvalue weighted by molar-refractivity contribution is -0.134. The Hall–Kier alpha value is -3.35. The molecule has 0 spiro atoms. The minimum Gasteiger partial charge on any atom is -0.496 e.